The van der Waals surface area contributed by atoms with Crippen molar-refractivity contribution in [2.24, 2.45) is 7.05 Å². The third kappa shape index (κ3) is 4.81. The van der Waals surface area contributed by atoms with Crippen LogP contribution in [0.3, 0.4) is 0 Å². The van der Waals surface area contributed by atoms with Gasteiger partial charge in [-0.1, -0.05) is 48.2 Å². The summed E-state index contributed by atoms with van der Waals surface area (Å²) in [5, 5.41) is 3.28. The van der Waals surface area contributed by atoms with E-state index in [1.165, 1.54) is 20.1 Å². The van der Waals surface area contributed by atoms with Crippen molar-refractivity contribution in [3.05, 3.63) is 91.1 Å². The number of nitrogens with one attached hydrogen (secondary N) is 1. The van der Waals surface area contributed by atoms with E-state index in [9.17, 15) is 14.4 Å². The molecule has 41 heavy (non-hydrogen) atoms. The Morgan fingerprint density at radius 1 is 1.12 bits per heavy atom. The van der Waals surface area contributed by atoms with Gasteiger partial charge >= 0.3 is 0 Å². The van der Waals surface area contributed by atoms with E-state index < -0.39 is 5.91 Å². The molecule has 5 heterocycles. The molecule has 2 saturated heterocycles. The number of thioether (sulfide) groups is 1. The Kier molecular flexibility index (Phi) is 7.14. The lowest BCUT2D eigenvalue weighted by Gasteiger charge is -2.14. The maximum Gasteiger partial charge on any atom is 0.296 e. The predicted octanol–water partition coefficient (Wildman–Crippen LogP) is 3.80. The van der Waals surface area contributed by atoms with E-state index in [1.54, 1.807) is 30.9 Å². The number of nitrogens with zero attached hydrogens (tertiary/aromatic N) is 5. The molecular formula is C29H28N6O4S2. The highest BCUT2D eigenvalue weighted by Gasteiger charge is 2.38. The number of carbonyl (C=O) groups excluding carboxylic acids is 1. The van der Waals surface area contributed by atoms with Gasteiger partial charge in [-0.05, 0) is 56.5 Å². The lowest BCUT2D eigenvalue weighted by molar-refractivity contribution is -0.113. The normalized spacial score (nSPS) is 18.3. The summed E-state index contributed by atoms with van der Waals surface area (Å²) in [6.45, 7) is 4.86. The molecule has 2 fully saturated rings. The Hall–Kier alpha value is -4.00. The van der Waals surface area contributed by atoms with Crippen molar-refractivity contribution >= 4 is 57.4 Å². The fraction of sp³-hybridized carbons (Fsp3) is 0.276. The van der Waals surface area contributed by atoms with Crippen molar-refractivity contribution in [2.45, 2.75) is 32.8 Å². The lowest BCUT2D eigenvalue weighted by Crippen LogP contribution is -2.33. The Bertz CT molecular complexity index is 1850. The SMILES string of the molecule is Cc1ccc2nc(NCC3CCCO3)c(/C=C3/SC(=S)N(c4c(C)n(C)n(-c5ccccc5)c4=O)C3=O)c(=O)n2c1. The van der Waals surface area contributed by atoms with E-state index in [0.29, 0.717) is 36.0 Å². The third-order valence-electron chi connectivity index (χ3n) is 7.34. The predicted molar refractivity (Wildman–Crippen MR) is 165 cm³/mol. The van der Waals surface area contributed by atoms with Gasteiger partial charge in [0.25, 0.3) is 17.0 Å². The van der Waals surface area contributed by atoms with E-state index in [-0.39, 0.29) is 37.7 Å². The van der Waals surface area contributed by atoms with Crippen LogP contribution in [0, 0.1) is 13.8 Å². The molecular weight excluding hydrogens is 560 g/mol. The molecule has 2 aliphatic heterocycles. The summed E-state index contributed by atoms with van der Waals surface area (Å²) in [6, 6.07) is 12.9. The molecule has 1 atom stereocenters. The van der Waals surface area contributed by atoms with Gasteiger partial charge in [0, 0.05) is 26.4 Å². The van der Waals surface area contributed by atoms with E-state index in [0.717, 1.165) is 30.2 Å². The van der Waals surface area contributed by atoms with E-state index in [2.05, 4.69) is 5.32 Å². The summed E-state index contributed by atoms with van der Waals surface area (Å²) in [5.74, 6) is -0.105. The van der Waals surface area contributed by atoms with Gasteiger partial charge in [0.15, 0.2) is 4.32 Å². The highest BCUT2D eigenvalue weighted by atomic mass is 32.2. The minimum atomic E-state index is -0.468. The number of para-hydroxylation sites is 1. The maximum absolute atomic E-state index is 13.8. The number of rotatable bonds is 6. The summed E-state index contributed by atoms with van der Waals surface area (Å²) >= 11 is 6.66. The summed E-state index contributed by atoms with van der Waals surface area (Å²) < 4.78 is 10.6. The average molecular weight is 589 g/mol. The number of amides is 1. The van der Waals surface area contributed by atoms with Crippen molar-refractivity contribution in [1.82, 2.24) is 18.7 Å². The quantitative estimate of drug-likeness (QED) is 0.268. The smallest absolute Gasteiger partial charge is 0.296 e. The maximum atomic E-state index is 13.8. The van der Waals surface area contributed by atoms with Crippen molar-refractivity contribution in [3.63, 3.8) is 0 Å². The van der Waals surface area contributed by atoms with E-state index in [1.807, 2.05) is 43.3 Å². The van der Waals surface area contributed by atoms with Crippen LogP contribution in [0.25, 0.3) is 17.4 Å². The first-order chi connectivity index (χ1) is 19.7. The van der Waals surface area contributed by atoms with Crippen LogP contribution in [0.15, 0.2) is 63.2 Å². The zero-order chi connectivity index (χ0) is 28.8. The molecule has 0 aliphatic carbocycles. The van der Waals surface area contributed by atoms with Crippen LogP contribution in [0.5, 0.6) is 0 Å². The number of benzene rings is 1. The molecule has 2 aliphatic rings. The molecule has 1 amide bonds. The molecule has 6 rings (SSSR count). The molecule has 3 aromatic heterocycles. The summed E-state index contributed by atoms with van der Waals surface area (Å²) in [7, 11) is 1.76. The molecule has 10 nitrogen and oxygen atoms in total. The number of anilines is 2. The Morgan fingerprint density at radius 2 is 1.90 bits per heavy atom. The van der Waals surface area contributed by atoms with Crippen molar-refractivity contribution < 1.29 is 9.53 Å². The van der Waals surface area contributed by atoms with Crippen molar-refractivity contribution in [1.29, 1.82) is 0 Å². The van der Waals surface area contributed by atoms with Crippen molar-refractivity contribution in [3.8, 4) is 5.69 Å². The van der Waals surface area contributed by atoms with Crippen LogP contribution >= 0.6 is 24.0 Å². The number of thiocarbonyl (C=S) groups is 1. The van der Waals surface area contributed by atoms with Crippen LogP contribution in [-0.2, 0) is 16.6 Å². The van der Waals surface area contributed by atoms with Crippen LogP contribution < -0.4 is 21.3 Å². The van der Waals surface area contributed by atoms with Gasteiger partial charge in [-0.15, -0.1) is 0 Å². The second kappa shape index (κ2) is 10.8. The van der Waals surface area contributed by atoms with Gasteiger partial charge in [-0.25, -0.2) is 9.67 Å². The second-order valence-electron chi connectivity index (χ2n) is 10.1. The minimum absolute atomic E-state index is 0.0205. The van der Waals surface area contributed by atoms with Crippen molar-refractivity contribution in [2.75, 3.05) is 23.4 Å². The van der Waals surface area contributed by atoms with Gasteiger partial charge in [-0.3, -0.25) is 28.4 Å². The summed E-state index contributed by atoms with van der Waals surface area (Å²) in [4.78, 5) is 47.4. The van der Waals surface area contributed by atoms with E-state index >= 15 is 0 Å². The zero-order valence-electron chi connectivity index (χ0n) is 22.8. The molecule has 4 aromatic rings. The number of aromatic nitrogens is 4. The van der Waals surface area contributed by atoms with Gasteiger partial charge in [0.1, 0.15) is 17.2 Å². The third-order valence-corrected chi connectivity index (χ3v) is 8.65. The van der Waals surface area contributed by atoms with Gasteiger partial charge in [0.2, 0.25) is 0 Å². The first-order valence-electron chi connectivity index (χ1n) is 13.2. The molecule has 1 aromatic carbocycles. The monoisotopic (exact) mass is 588 g/mol. The standard InChI is InChI=1S/C29H28N6O4S2/c1-17-11-12-23-31-25(30-15-20-10-7-13-39-20)21(26(36)33(23)16-17)14-22-27(37)34(29(40)41-22)24-18(2)32(3)35(28(24)38)19-8-5-4-6-9-19/h4-6,8-9,11-12,14,16,20,30H,7,10,13,15H2,1-3H3/b22-14+. The minimum Gasteiger partial charge on any atom is -0.376 e. The van der Waals surface area contributed by atoms with E-state index in [4.69, 9.17) is 21.9 Å². The molecule has 1 N–H and O–H groups in total. The fourth-order valence-corrected chi connectivity index (χ4v) is 6.40. The highest BCUT2D eigenvalue weighted by Crippen LogP contribution is 2.36. The second-order valence-corrected chi connectivity index (χ2v) is 11.7. The summed E-state index contributed by atoms with van der Waals surface area (Å²) in [5.41, 5.74) is 2.37. The molecule has 0 bridgehead atoms. The van der Waals surface area contributed by atoms with Crippen LogP contribution in [0.1, 0.15) is 29.7 Å². The number of carbonyl (C=O) groups is 1. The first-order valence-corrected chi connectivity index (χ1v) is 14.5. The molecule has 0 radical (unpaired) electrons. The van der Waals surface area contributed by atoms with Gasteiger partial charge < -0.3 is 10.1 Å². The molecule has 0 spiro atoms. The Labute approximate surface area is 245 Å². The molecule has 1 unspecified atom stereocenters. The molecule has 210 valence electrons. The zero-order valence-corrected chi connectivity index (χ0v) is 24.4. The van der Waals surface area contributed by atoms with Gasteiger partial charge in [-0.2, -0.15) is 0 Å². The molecule has 0 saturated carbocycles. The number of hydrogen-bond donors (Lipinski definition) is 1. The number of hydrogen-bond acceptors (Lipinski definition) is 8. The Morgan fingerprint density at radius 3 is 2.63 bits per heavy atom. The average Bonchev–Trinajstić information content (AvgIpc) is 3.63. The molecule has 12 heteroatoms. The van der Waals surface area contributed by atoms with Crippen LogP contribution in [0.4, 0.5) is 11.5 Å². The topological polar surface area (TPSA) is 103 Å². The first kappa shape index (κ1) is 27.2. The number of aryl methyl sites for hydroxylation is 1. The van der Waals surface area contributed by atoms with Crippen LogP contribution in [-0.4, -0.2) is 48.2 Å². The largest absolute Gasteiger partial charge is 0.376 e. The summed E-state index contributed by atoms with van der Waals surface area (Å²) in [6.07, 6.45) is 5.17. The lowest BCUT2D eigenvalue weighted by atomic mass is 10.2. The number of ether oxygens (including phenoxy) is 1. The Balaban J connectivity index is 1.42. The van der Waals surface area contributed by atoms with Gasteiger partial charge in [0.05, 0.1) is 28.0 Å². The van der Waals surface area contributed by atoms with Crippen LogP contribution in [0.2, 0.25) is 0 Å². The number of pyridine rings is 1. The fourth-order valence-electron chi connectivity index (χ4n) is 5.14. The number of fused-ring (bicyclic) bond motifs is 1. The highest BCUT2D eigenvalue weighted by molar-refractivity contribution is 8.27.